The van der Waals surface area contributed by atoms with E-state index in [4.69, 9.17) is 4.74 Å². The van der Waals surface area contributed by atoms with E-state index in [2.05, 4.69) is 15.5 Å². The van der Waals surface area contributed by atoms with Gasteiger partial charge in [0.25, 0.3) is 5.91 Å². The van der Waals surface area contributed by atoms with Crippen LogP contribution in [0.3, 0.4) is 0 Å². The highest BCUT2D eigenvalue weighted by molar-refractivity contribution is 7.89. The molecular weight excluding hydrogens is 392 g/mol. The van der Waals surface area contributed by atoms with Crippen LogP contribution in [0.4, 0.5) is 5.82 Å². The molecule has 1 aliphatic rings. The first kappa shape index (κ1) is 21.5. The maximum atomic E-state index is 12.9. The fourth-order valence-corrected chi connectivity index (χ4v) is 4.80. The number of amides is 1. The Morgan fingerprint density at radius 3 is 2.28 bits per heavy atom. The van der Waals surface area contributed by atoms with Crippen molar-refractivity contribution in [1.29, 1.82) is 0 Å². The highest BCUT2D eigenvalue weighted by Gasteiger charge is 2.32. The van der Waals surface area contributed by atoms with Gasteiger partial charge in [-0.05, 0) is 38.1 Å². The lowest BCUT2D eigenvalue weighted by Gasteiger charge is -2.34. The minimum atomic E-state index is -3.64. The van der Waals surface area contributed by atoms with Crippen LogP contribution in [-0.4, -0.2) is 54.1 Å². The fourth-order valence-electron chi connectivity index (χ4n) is 3.21. The largest absolute Gasteiger partial charge is 0.373 e. The first-order valence-corrected chi connectivity index (χ1v) is 11.0. The smallest absolute Gasteiger partial charge is 0.256 e. The Labute approximate surface area is 171 Å². The summed E-state index contributed by atoms with van der Waals surface area (Å²) < 4.78 is 32.8. The van der Waals surface area contributed by atoms with E-state index in [-0.39, 0.29) is 28.4 Å². The molecule has 8 nitrogen and oxygen atoms in total. The Hall–Kier alpha value is -2.23. The van der Waals surface area contributed by atoms with Crippen LogP contribution in [-0.2, 0) is 20.2 Å². The van der Waals surface area contributed by atoms with Crippen molar-refractivity contribution in [3.05, 3.63) is 41.6 Å². The van der Waals surface area contributed by atoms with Gasteiger partial charge in [-0.3, -0.25) is 9.89 Å². The lowest BCUT2D eigenvalue weighted by molar-refractivity contribution is -0.0440. The van der Waals surface area contributed by atoms with Crippen LogP contribution >= 0.6 is 0 Å². The number of hydrogen-bond acceptors (Lipinski definition) is 5. The zero-order valence-corrected chi connectivity index (χ0v) is 18.2. The van der Waals surface area contributed by atoms with E-state index in [1.807, 2.05) is 34.6 Å². The molecule has 1 saturated heterocycles. The first-order valence-electron chi connectivity index (χ1n) is 9.60. The average molecular weight is 421 g/mol. The van der Waals surface area contributed by atoms with Gasteiger partial charge in [0.2, 0.25) is 10.0 Å². The van der Waals surface area contributed by atoms with Gasteiger partial charge in [-0.2, -0.15) is 9.40 Å². The van der Waals surface area contributed by atoms with Crippen molar-refractivity contribution in [3.63, 3.8) is 0 Å². The molecule has 2 aromatic rings. The van der Waals surface area contributed by atoms with E-state index < -0.39 is 10.0 Å². The molecule has 0 radical (unpaired) electrons. The van der Waals surface area contributed by atoms with E-state index in [0.29, 0.717) is 24.5 Å². The van der Waals surface area contributed by atoms with Gasteiger partial charge in [-0.1, -0.05) is 20.8 Å². The predicted molar refractivity (Wildman–Crippen MR) is 110 cm³/mol. The predicted octanol–water partition coefficient (Wildman–Crippen LogP) is 2.76. The molecule has 0 saturated carbocycles. The van der Waals surface area contributed by atoms with Gasteiger partial charge >= 0.3 is 0 Å². The molecule has 2 heterocycles. The summed E-state index contributed by atoms with van der Waals surface area (Å²) >= 11 is 0. The van der Waals surface area contributed by atoms with Gasteiger partial charge < -0.3 is 10.1 Å². The Kier molecular flexibility index (Phi) is 5.84. The van der Waals surface area contributed by atoms with Crippen LogP contribution in [0.2, 0.25) is 0 Å². The number of benzene rings is 1. The van der Waals surface area contributed by atoms with Crippen molar-refractivity contribution in [2.75, 3.05) is 18.4 Å². The molecule has 1 fully saturated rings. The van der Waals surface area contributed by atoms with E-state index in [0.717, 1.165) is 5.69 Å². The second-order valence-corrected chi connectivity index (χ2v) is 10.4. The maximum Gasteiger partial charge on any atom is 0.256 e. The van der Waals surface area contributed by atoms with E-state index in [1.54, 1.807) is 6.07 Å². The zero-order chi connectivity index (χ0) is 21.4. The van der Waals surface area contributed by atoms with Crippen LogP contribution in [0.5, 0.6) is 0 Å². The van der Waals surface area contributed by atoms with Crippen LogP contribution in [0.1, 0.15) is 50.7 Å². The van der Waals surface area contributed by atoms with E-state index in [1.165, 1.54) is 28.6 Å². The summed E-state index contributed by atoms with van der Waals surface area (Å²) in [4.78, 5) is 12.6. The number of aromatic nitrogens is 2. The molecule has 0 aliphatic carbocycles. The SMILES string of the molecule is CC1CN(S(=O)(=O)c2ccc(C(=O)Nc3cc(C(C)(C)C)[nH]n3)cc2)CC(C)O1. The molecular formula is C20H28N4O4S. The zero-order valence-electron chi connectivity index (χ0n) is 17.4. The summed E-state index contributed by atoms with van der Waals surface area (Å²) in [6.07, 6.45) is -0.323. The number of H-pyrrole nitrogens is 1. The molecule has 2 unspecified atom stereocenters. The molecule has 0 spiro atoms. The van der Waals surface area contributed by atoms with Crippen LogP contribution in [0, 0.1) is 0 Å². The monoisotopic (exact) mass is 420 g/mol. The third-order valence-corrected chi connectivity index (χ3v) is 6.61. The molecule has 3 rings (SSSR count). The van der Waals surface area contributed by atoms with E-state index >= 15 is 0 Å². The van der Waals surface area contributed by atoms with Crippen molar-refractivity contribution in [3.8, 4) is 0 Å². The fraction of sp³-hybridized carbons (Fsp3) is 0.500. The Morgan fingerprint density at radius 1 is 1.17 bits per heavy atom. The standard InChI is InChI=1S/C20H28N4O4S/c1-13-11-24(12-14(2)28-13)29(26,27)16-8-6-15(7-9-16)19(25)21-18-10-17(22-23-18)20(3,4)5/h6-10,13-14H,11-12H2,1-5H3,(H2,21,22,23,25). The minimum absolute atomic E-state index is 0.111. The summed E-state index contributed by atoms with van der Waals surface area (Å²) in [7, 11) is -3.64. The summed E-state index contributed by atoms with van der Waals surface area (Å²) in [5.41, 5.74) is 1.15. The molecule has 1 aliphatic heterocycles. The van der Waals surface area contributed by atoms with Gasteiger partial charge in [0.1, 0.15) is 0 Å². The van der Waals surface area contributed by atoms with Gasteiger partial charge in [-0.15, -0.1) is 0 Å². The highest BCUT2D eigenvalue weighted by Crippen LogP contribution is 2.23. The number of ether oxygens (including phenoxy) is 1. The topological polar surface area (TPSA) is 104 Å². The van der Waals surface area contributed by atoms with Crippen molar-refractivity contribution in [2.24, 2.45) is 0 Å². The number of nitrogens with zero attached hydrogens (tertiary/aromatic N) is 2. The molecule has 0 bridgehead atoms. The summed E-state index contributed by atoms with van der Waals surface area (Å²) in [6.45, 7) is 10.5. The van der Waals surface area contributed by atoms with Crippen LogP contribution in [0.25, 0.3) is 0 Å². The first-order chi connectivity index (χ1) is 13.5. The van der Waals surface area contributed by atoms with Gasteiger partial charge in [0, 0.05) is 35.8 Å². The number of nitrogens with one attached hydrogen (secondary N) is 2. The molecule has 29 heavy (non-hydrogen) atoms. The lowest BCUT2D eigenvalue weighted by atomic mass is 9.92. The Balaban J connectivity index is 1.72. The highest BCUT2D eigenvalue weighted by atomic mass is 32.2. The van der Waals surface area contributed by atoms with Crippen molar-refractivity contribution >= 4 is 21.7 Å². The van der Waals surface area contributed by atoms with Gasteiger partial charge in [-0.25, -0.2) is 8.42 Å². The maximum absolute atomic E-state index is 12.9. The number of carbonyl (C=O) groups excluding carboxylic acids is 1. The average Bonchev–Trinajstić information content (AvgIpc) is 3.10. The lowest BCUT2D eigenvalue weighted by Crippen LogP contribution is -2.48. The molecule has 2 atom stereocenters. The normalized spacial score (nSPS) is 21.1. The van der Waals surface area contributed by atoms with Crippen molar-refractivity contribution in [2.45, 2.75) is 57.1 Å². The van der Waals surface area contributed by atoms with E-state index in [9.17, 15) is 13.2 Å². The van der Waals surface area contributed by atoms with Gasteiger partial charge in [0.05, 0.1) is 17.1 Å². The second-order valence-electron chi connectivity index (χ2n) is 8.47. The Morgan fingerprint density at radius 2 is 1.76 bits per heavy atom. The third kappa shape index (κ3) is 4.85. The van der Waals surface area contributed by atoms with Gasteiger partial charge in [0.15, 0.2) is 5.82 Å². The van der Waals surface area contributed by atoms with Crippen LogP contribution < -0.4 is 5.32 Å². The quantitative estimate of drug-likeness (QED) is 0.791. The number of aromatic amines is 1. The Bertz CT molecular complexity index is 967. The summed E-state index contributed by atoms with van der Waals surface area (Å²) in [6, 6.07) is 7.72. The molecule has 9 heteroatoms. The molecule has 2 N–H and O–H groups in total. The molecule has 1 amide bonds. The number of morpholine rings is 1. The minimum Gasteiger partial charge on any atom is -0.373 e. The van der Waals surface area contributed by atoms with Crippen molar-refractivity contribution < 1.29 is 17.9 Å². The van der Waals surface area contributed by atoms with Crippen LogP contribution in [0.15, 0.2) is 35.2 Å². The molecule has 1 aromatic carbocycles. The summed E-state index contributed by atoms with van der Waals surface area (Å²) in [5, 5.41) is 9.75. The summed E-state index contributed by atoms with van der Waals surface area (Å²) in [5.74, 6) is 0.0717. The number of sulfonamides is 1. The number of hydrogen-bond donors (Lipinski definition) is 2. The molecule has 158 valence electrons. The van der Waals surface area contributed by atoms with Crippen molar-refractivity contribution in [1.82, 2.24) is 14.5 Å². The number of carbonyl (C=O) groups is 1. The molecule has 1 aromatic heterocycles. The number of rotatable bonds is 4. The second kappa shape index (κ2) is 7.89. The third-order valence-electron chi connectivity index (χ3n) is 4.77. The number of anilines is 1.